The molecule has 0 bridgehead atoms. The number of carbonyl (C=O) groups excluding carboxylic acids is 2. The molecule has 152 valence electrons. The van der Waals surface area contributed by atoms with Crippen molar-refractivity contribution < 1.29 is 28.5 Å². The van der Waals surface area contributed by atoms with E-state index in [1.807, 2.05) is 18.2 Å². The van der Waals surface area contributed by atoms with Crippen molar-refractivity contribution >= 4 is 17.5 Å². The molecule has 2 heterocycles. The van der Waals surface area contributed by atoms with Crippen LogP contribution in [0.1, 0.15) is 18.9 Å². The van der Waals surface area contributed by atoms with Gasteiger partial charge in [-0.25, -0.2) is 0 Å². The number of rotatable bonds is 6. The van der Waals surface area contributed by atoms with Crippen molar-refractivity contribution in [3.05, 3.63) is 42.0 Å². The molecule has 0 atom stereocenters. The highest BCUT2D eigenvalue weighted by atomic mass is 16.7. The van der Waals surface area contributed by atoms with Crippen LogP contribution in [0.3, 0.4) is 0 Å². The molecule has 0 spiro atoms. The molecule has 1 N–H and O–H groups in total. The molecule has 8 heteroatoms. The van der Waals surface area contributed by atoms with Crippen LogP contribution in [-0.4, -0.2) is 43.3 Å². The van der Waals surface area contributed by atoms with Gasteiger partial charge in [0.1, 0.15) is 13.2 Å². The first-order chi connectivity index (χ1) is 14.1. The van der Waals surface area contributed by atoms with E-state index in [4.69, 9.17) is 18.9 Å². The van der Waals surface area contributed by atoms with Gasteiger partial charge in [-0.05, 0) is 29.8 Å². The molecule has 0 saturated carbocycles. The minimum atomic E-state index is -0.182. The number of benzene rings is 2. The van der Waals surface area contributed by atoms with Crippen LogP contribution in [0.2, 0.25) is 0 Å². The van der Waals surface area contributed by atoms with Crippen LogP contribution < -0.4 is 24.3 Å². The fourth-order valence-corrected chi connectivity index (χ4v) is 3.19. The van der Waals surface area contributed by atoms with Crippen LogP contribution in [0.5, 0.6) is 23.0 Å². The summed E-state index contributed by atoms with van der Waals surface area (Å²) >= 11 is 0. The highest BCUT2D eigenvalue weighted by molar-refractivity contribution is 5.91. The zero-order valence-electron chi connectivity index (χ0n) is 16.1. The number of hydrogen-bond acceptors (Lipinski definition) is 6. The monoisotopic (exact) mass is 398 g/mol. The Morgan fingerprint density at radius 1 is 0.931 bits per heavy atom. The summed E-state index contributed by atoms with van der Waals surface area (Å²) in [5.41, 5.74) is 1.54. The molecule has 2 aliphatic heterocycles. The molecule has 0 saturated heterocycles. The summed E-state index contributed by atoms with van der Waals surface area (Å²) in [6.07, 6.45) is 0.179. The standard InChI is InChI=1S/C21H22N2O6/c1-14(24)23(12-15-2-4-18-19(10-15)29-13-28-18)7-6-21(25)22-16-3-5-17-20(11-16)27-9-8-26-17/h2-5,10-11H,6-9,12-13H2,1H3,(H,22,25). The maximum atomic E-state index is 12.4. The van der Waals surface area contributed by atoms with Gasteiger partial charge in [0.2, 0.25) is 18.6 Å². The smallest absolute Gasteiger partial charge is 0.231 e. The van der Waals surface area contributed by atoms with Gasteiger partial charge in [0.25, 0.3) is 0 Å². The van der Waals surface area contributed by atoms with Gasteiger partial charge in [0.05, 0.1) is 0 Å². The molecule has 2 aliphatic rings. The summed E-state index contributed by atoms with van der Waals surface area (Å²) in [5.74, 6) is 2.36. The maximum absolute atomic E-state index is 12.4. The van der Waals surface area contributed by atoms with E-state index < -0.39 is 0 Å². The molecule has 0 aromatic heterocycles. The number of hydrogen-bond donors (Lipinski definition) is 1. The number of nitrogens with one attached hydrogen (secondary N) is 1. The summed E-state index contributed by atoms with van der Waals surface area (Å²) in [6.45, 7) is 3.39. The molecule has 2 amide bonds. The third kappa shape index (κ3) is 4.53. The average Bonchev–Trinajstić information content (AvgIpc) is 3.18. The number of amides is 2. The van der Waals surface area contributed by atoms with E-state index in [0.29, 0.717) is 55.0 Å². The predicted molar refractivity (Wildman–Crippen MR) is 104 cm³/mol. The summed E-state index contributed by atoms with van der Waals surface area (Å²) in [5, 5.41) is 2.84. The average molecular weight is 398 g/mol. The highest BCUT2D eigenvalue weighted by Gasteiger charge is 2.17. The molecule has 2 aromatic rings. The zero-order valence-corrected chi connectivity index (χ0v) is 16.1. The molecule has 0 unspecified atom stereocenters. The summed E-state index contributed by atoms with van der Waals surface area (Å²) in [4.78, 5) is 26.0. The lowest BCUT2D eigenvalue weighted by molar-refractivity contribution is -0.129. The third-order valence-corrected chi connectivity index (χ3v) is 4.69. The van der Waals surface area contributed by atoms with Gasteiger partial charge in [-0.3, -0.25) is 9.59 Å². The minimum Gasteiger partial charge on any atom is -0.486 e. The Morgan fingerprint density at radius 3 is 2.45 bits per heavy atom. The van der Waals surface area contributed by atoms with E-state index in [-0.39, 0.29) is 25.0 Å². The lowest BCUT2D eigenvalue weighted by Crippen LogP contribution is -2.31. The van der Waals surface area contributed by atoms with Crippen molar-refractivity contribution in [3.63, 3.8) is 0 Å². The first-order valence-electron chi connectivity index (χ1n) is 9.42. The van der Waals surface area contributed by atoms with E-state index in [1.54, 1.807) is 23.1 Å². The van der Waals surface area contributed by atoms with E-state index in [0.717, 1.165) is 5.56 Å². The SMILES string of the molecule is CC(=O)N(CCC(=O)Nc1ccc2c(c1)OCCO2)Cc1ccc2c(c1)OCO2. The Bertz CT molecular complexity index is 929. The lowest BCUT2D eigenvalue weighted by atomic mass is 10.2. The van der Waals surface area contributed by atoms with Gasteiger partial charge in [0.15, 0.2) is 23.0 Å². The second-order valence-corrected chi connectivity index (χ2v) is 6.78. The van der Waals surface area contributed by atoms with Crippen molar-refractivity contribution in [2.24, 2.45) is 0 Å². The van der Waals surface area contributed by atoms with Crippen LogP contribution in [0, 0.1) is 0 Å². The van der Waals surface area contributed by atoms with E-state index in [1.165, 1.54) is 6.92 Å². The van der Waals surface area contributed by atoms with Gasteiger partial charge in [0, 0.05) is 38.2 Å². The summed E-state index contributed by atoms with van der Waals surface area (Å²) < 4.78 is 21.7. The fourth-order valence-electron chi connectivity index (χ4n) is 3.19. The van der Waals surface area contributed by atoms with Crippen LogP contribution >= 0.6 is 0 Å². The van der Waals surface area contributed by atoms with Crippen LogP contribution in [-0.2, 0) is 16.1 Å². The van der Waals surface area contributed by atoms with Crippen LogP contribution in [0.25, 0.3) is 0 Å². The quantitative estimate of drug-likeness (QED) is 0.805. The molecule has 8 nitrogen and oxygen atoms in total. The highest BCUT2D eigenvalue weighted by Crippen LogP contribution is 2.33. The Kier molecular flexibility index (Phi) is 5.41. The van der Waals surface area contributed by atoms with Crippen molar-refractivity contribution in [1.82, 2.24) is 4.90 Å². The third-order valence-electron chi connectivity index (χ3n) is 4.69. The first kappa shape index (κ1) is 18.9. The Balaban J connectivity index is 1.33. The Hall–Kier alpha value is -3.42. The topological polar surface area (TPSA) is 86.3 Å². The zero-order chi connectivity index (χ0) is 20.2. The van der Waals surface area contributed by atoms with Gasteiger partial charge < -0.3 is 29.2 Å². The largest absolute Gasteiger partial charge is 0.486 e. The molecule has 0 aliphatic carbocycles. The van der Waals surface area contributed by atoms with Gasteiger partial charge in [-0.1, -0.05) is 6.07 Å². The van der Waals surface area contributed by atoms with Crippen molar-refractivity contribution in [3.8, 4) is 23.0 Å². The van der Waals surface area contributed by atoms with Crippen molar-refractivity contribution in [1.29, 1.82) is 0 Å². The van der Waals surface area contributed by atoms with E-state index >= 15 is 0 Å². The predicted octanol–water partition coefficient (Wildman–Crippen LogP) is 2.56. The maximum Gasteiger partial charge on any atom is 0.231 e. The molecule has 4 rings (SSSR count). The summed E-state index contributed by atoms with van der Waals surface area (Å²) in [6, 6.07) is 10.8. The van der Waals surface area contributed by atoms with Crippen LogP contribution in [0.4, 0.5) is 5.69 Å². The molecule has 0 fully saturated rings. The number of ether oxygens (including phenoxy) is 4. The Morgan fingerprint density at radius 2 is 1.62 bits per heavy atom. The number of carbonyl (C=O) groups is 2. The molecular formula is C21H22N2O6. The molecule has 0 radical (unpaired) electrons. The van der Waals surface area contributed by atoms with Gasteiger partial charge in [-0.2, -0.15) is 0 Å². The molecular weight excluding hydrogens is 376 g/mol. The number of nitrogens with zero attached hydrogens (tertiary/aromatic N) is 1. The van der Waals surface area contributed by atoms with Gasteiger partial charge >= 0.3 is 0 Å². The van der Waals surface area contributed by atoms with Crippen molar-refractivity contribution in [2.75, 3.05) is 31.9 Å². The van der Waals surface area contributed by atoms with Crippen LogP contribution in [0.15, 0.2) is 36.4 Å². The normalized spacial score (nSPS) is 13.7. The number of fused-ring (bicyclic) bond motifs is 2. The van der Waals surface area contributed by atoms with E-state index in [2.05, 4.69) is 5.32 Å². The second kappa shape index (κ2) is 8.30. The fraction of sp³-hybridized carbons (Fsp3) is 0.333. The number of anilines is 1. The minimum absolute atomic E-state index is 0.102. The Labute approximate surface area is 168 Å². The molecule has 29 heavy (non-hydrogen) atoms. The first-order valence-corrected chi connectivity index (χ1v) is 9.42. The lowest BCUT2D eigenvalue weighted by Gasteiger charge is -2.21. The summed E-state index contributed by atoms with van der Waals surface area (Å²) in [7, 11) is 0. The van der Waals surface area contributed by atoms with Gasteiger partial charge in [-0.15, -0.1) is 0 Å². The van der Waals surface area contributed by atoms with E-state index in [9.17, 15) is 9.59 Å². The molecule has 2 aromatic carbocycles. The second-order valence-electron chi connectivity index (χ2n) is 6.78. The van der Waals surface area contributed by atoms with Crippen molar-refractivity contribution in [2.45, 2.75) is 19.9 Å².